The molecule has 0 spiro atoms. The number of thioether (sulfide) groups is 2. The van der Waals surface area contributed by atoms with Gasteiger partial charge < -0.3 is 20.1 Å². The van der Waals surface area contributed by atoms with Crippen molar-refractivity contribution < 1.29 is 29.0 Å². The van der Waals surface area contributed by atoms with Gasteiger partial charge in [-0.25, -0.2) is 4.79 Å². The number of aliphatic carboxylic acids is 1. The van der Waals surface area contributed by atoms with Crippen LogP contribution in [-0.2, 0) is 25.5 Å². The second kappa shape index (κ2) is 10.1. The first-order valence-corrected chi connectivity index (χ1v) is 12.6. The molecule has 2 aromatic rings. The third-order valence-corrected chi connectivity index (χ3v) is 8.78. The number of rotatable bonds is 8. The lowest BCUT2D eigenvalue weighted by Crippen LogP contribution is -2.74. The number of carbonyl (C=O) groups excluding carboxylic acids is 3. The molecule has 4 rings (SSSR count). The minimum atomic E-state index is -1.33. The topological polar surface area (TPSA) is 113 Å². The number of carboxylic acids is 1. The quantitative estimate of drug-likeness (QED) is 0.420. The van der Waals surface area contributed by atoms with Gasteiger partial charge >= 0.3 is 11.9 Å². The van der Waals surface area contributed by atoms with Crippen LogP contribution in [0.5, 0.6) is 0 Å². The summed E-state index contributed by atoms with van der Waals surface area (Å²) in [4.78, 5) is 52.0. The summed E-state index contributed by atoms with van der Waals surface area (Å²) in [5.74, 6) is -1.93. The summed E-state index contributed by atoms with van der Waals surface area (Å²) in [5.41, 5.74) is 1.14. The average molecular weight is 501 g/mol. The number of hydrogen-bond donors (Lipinski definition) is 2. The Morgan fingerprint density at radius 1 is 1.18 bits per heavy atom. The first-order chi connectivity index (χ1) is 16.3. The summed E-state index contributed by atoms with van der Waals surface area (Å²) in [7, 11) is 0. The fraction of sp³-hybridized carbons (Fsp3) is 0.333. The van der Waals surface area contributed by atoms with Gasteiger partial charge in [0, 0.05) is 17.2 Å². The van der Waals surface area contributed by atoms with Crippen LogP contribution in [0.4, 0.5) is 0 Å². The van der Waals surface area contributed by atoms with Crippen molar-refractivity contribution in [3.63, 3.8) is 0 Å². The second-order valence-corrected chi connectivity index (χ2v) is 10.5. The van der Waals surface area contributed by atoms with Crippen LogP contribution >= 0.6 is 23.5 Å². The maximum absolute atomic E-state index is 12.8. The van der Waals surface area contributed by atoms with Gasteiger partial charge in [0.05, 0.1) is 18.6 Å². The molecule has 34 heavy (non-hydrogen) atoms. The molecule has 0 saturated carbocycles. The molecule has 3 atom stereocenters. The number of nitrogens with one attached hydrogen (secondary N) is 1. The van der Waals surface area contributed by atoms with E-state index in [0.29, 0.717) is 10.5 Å². The normalized spacial score (nSPS) is 23.4. The largest absolute Gasteiger partial charge is 0.480 e. The summed E-state index contributed by atoms with van der Waals surface area (Å²) in [6, 6.07) is 15.3. The van der Waals surface area contributed by atoms with Crippen molar-refractivity contribution in [3.05, 3.63) is 65.7 Å². The number of carboxylic acid groups (broad SMARTS) is 1. The Hall–Kier alpha value is -2.98. The minimum Gasteiger partial charge on any atom is -0.480 e. The van der Waals surface area contributed by atoms with E-state index in [9.17, 15) is 24.3 Å². The molecule has 2 N–H and O–H groups in total. The van der Waals surface area contributed by atoms with E-state index < -0.39 is 22.7 Å². The van der Waals surface area contributed by atoms with Gasteiger partial charge in [0.2, 0.25) is 11.8 Å². The Morgan fingerprint density at radius 2 is 1.88 bits per heavy atom. The number of fused-ring (bicyclic) bond motifs is 1. The zero-order valence-corrected chi connectivity index (χ0v) is 20.1. The molecule has 2 heterocycles. The molecule has 178 valence electrons. The third kappa shape index (κ3) is 4.78. The second-order valence-electron chi connectivity index (χ2n) is 7.99. The number of hydrogen-bond acceptors (Lipinski definition) is 7. The summed E-state index contributed by atoms with van der Waals surface area (Å²) in [6.45, 7) is 1.89. The molecule has 0 radical (unpaired) electrons. The Balaban J connectivity index is 1.45. The SMILES string of the molecule is CCOC(=O)c1ccccc1SC1(C(=O)O)CS[C@@H]2[C@H](NC(=O)Cc3ccccc3)C(=O)N2C1. The van der Waals surface area contributed by atoms with Gasteiger partial charge in [-0.3, -0.25) is 14.4 Å². The fourth-order valence-corrected chi connectivity index (χ4v) is 6.89. The standard InChI is InChI=1S/C24H24N2O6S2/c1-2-32-22(29)16-10-6-7-11-17(16)34-24(23(30)31)13-26-20(28)19(21(26)33-14-24)25-18(27)12-15-8-4-3-5-9-15/h3-11,19,21H,2,12-14H2,1H3,(H,25,27)(H,30,31)/t19-,21-,24?/m1/s1. The number of nitrogens with zero attached hydrogens (tertiary/aromatic N) is 1. The highest BCUT2D eigenvalue weighted by molar-refractivity contribution is 8.05. The molecule has 0 aliphatic carbocycles. The first kappa shape index (κ1) is 24.2. The molecule has 2 aliphatic heterocycles. The van der Waals surface area contributed by atoms with Crippen molar-refractivity contribution in [3.8, 4) is 0 Å². The number of benzene rings is 2. The van der Waals surface area contributed by atoms with Crippen LogP contribution in [0.15, 0.2) is 59.5 Å². The predicted octanol–water partition coefficient (Wildman–Crippen LogP) is 2.42. The smallest absolute Gasteiger partial charge is 0.339 e. The fourth-order valence-electron chi connectivity index (χ4n) is 3.94. The summed E-state index contributed by atoms with van der Waals surface area (Å²) < 4.78 is 3.77. The average Bonchev–Trinajstić information content (AvgIpc) is 2.83. The maximum Gasteiger partial charge on any atom is 0.339 e. The molecule has 2 aromatic carbocycles. The van der Waals surface area contributed by atoms with E-state index in [0.717, 1.165) is 17.3 Å². The van der Waals surface area contributed by atoms with Gasteiger partial charge in [-0.15, -0.1) is 23.5 Å². The van der Waals surface area contributed by atoms with Crippen LogP contribution in [0.1, 0.15) is 22.8 Å². The molecule has 10 heteroatoms. The Bertz CT molecular complexity index is 1110. The van der Waals surface area contributed by atoms with Crippen molar-refractivity contribution in [1.82, 2.24) is 10.2 Å². The lowest BCUT2D eigenvalue weighted by molar-refractivity contribution is -0.152. The van der Waals surface area contributed by atoms with Gasteiger partial charge in [-0.05, 0) is 24.6 Å². The minimum absolute atomic E-state index is 0.0221. The van der Waals surface area contributed by atoms with E-state index in [1.807, 2.05) is 30.3 Å². The van der Waals surface area contributed by atoms with Crippen LogP contribution in [-0.4, -0.2) is 68.8 Å². The molecular weight excluding hydrogens is 476 g/mol. The summed E-state index contributed by atoms with van der Waals surface area (Å²) in [6.07, 6.45) is 0.168. The van der Waals surface area contributed by atoms with E-state index in [4.69, 9.17) is 4.74 Å². The van der Waals surface area contributed by atoms with E-state index in [-0.39, 0.29) is 42.5 Å². The van der Waals surface area contributed by atoms with Crippen molar-refractivity contribution in [2.75, 3.05) is 18.9 Å². The lowest BCUT2D eigenvalue weighted by Gasteiger charge is -2.53. The van der Waals surface area contributed by atoms with Crippen LogP contribution < -0.4 is 5.32 Å². The van der Waals surface area contributed by atoms with Crippen molar-refractivity contribution >= 4 is 47.3 Å². The first-order valence-electron chi connectivity index (χ1n) is 10.8. The van der Waals surface area contributed by atoms with Gasteiger partial charge in [0.15, 0.2) is 0 Å². The van der Waals surface area contributed by atoms with Gasteiger partial charge in [0.1, 0.15) is 16.2 Å². The molecule has 8 nitrogen and oxygen atoms in total. The monoisotopic (exact) mass is 500 g/mol. The van der Waals surface area contributed by atoms with Gasteiger partial charge in [-0.2, -0.15) is 0 Å². The highest BCUT2D eigenvalue weighted by Gasteiger charge is 2.58. The molecule has 2 aliphatic rings. The zero-order chi connectivity index (χ0) is 24.3. The van der Waals surface area contributed by atoms with Crippen LogP contribution in [0.3, 0.4) is 0 Å². The molecule has 2 fully saturated rings. The number of ether oxygens (including phenoxy) is 1. The van der Waals surface area contributed by atoms with Crippen LogP contribution in [0.25, 0.3) is 0 Å². The molecule has 0 aromatic heterocycles. The summed E-state index contributed by atoms with van der Waals surface area (Å²) >= 11 is 2.38. The highest BCUT2D eigenvalue weighted by Crippen LogP contribution is 2.47. The van der Waals surface area contributed by atoms with Gasteiger partial charge in [-0.1, -0.05) is 42.5 Å². The molecule has 2 saturated heterocycles. The molecular formula is C24H24N2O6S2. The van der Waals surface area contributed by atoms with Crippen molar-refractivity contribution in [2.24, 2.45) is 0 Å². The van der Waals surface area contributed by atoms with Gasteiger partial charge in [0.25, 0.3) is 0 Å². The highest BCUT2D eigenvalue weighted by atomic mass is 32.2. The predicted molar refractivity (Wildman–Crippen MR) is 129 cm³/mol. The van der Waals surface area contributed by atoms with E-state index >= 15 is 0 Å². The van der Waals surface area contributed by atoms with Crippen molar-refractivity contribution in [2.45, 2.75) is 34.4 Å². The third-order valence-electron chi connectivity index (χ3n) is 5.66. The molecule has 0 bridgehead atoms. The number of carbonyl (C=O) groups is 4. The maximum atomic E-state index is 12.8. The van der Waals surface area contributed by atoms with Crippen LogP contribution in [0.2, 0.25) is 0 Å². The van der Waals surface area contributed by atoms with Crippen molar-refractivity contribution in [1.29, 1.82) is 0 Å². The Labute approximate surface area is 205 Å². The Morgan fingerprint density at radius 3 is 2.59 bits per heavy atom. The Kier molecular flexibility index (Phi) is 7.18. The number of amides is 2. The van der Waals surface area contributed by atoms with Crippen LogP contribution in [0, 0.1) is 0 Å². The molecule has 1 unspecified atom stereocenters. The molecule has 2 amide bonds. The lowest BCUT2D eigenvalue weighted by atomic mass is 10.0. The zero-order valence-electron chi connectivity index (χ0n) is 18.4. The van der Waals surface area contributed by atoms with E-state index in [2.05, 4.69) is 5.32 Å². The van der Waals surface area contributed by atoms with E-state index in [1.165, 1.54) is 16.7 Å². The number of β-lactam (4-membered cyclic amide) rings is 1. The van der Waals surface area contributed by atoms with E-state index in [1.54, 1.807) is 31.2 Å². The number of esters is 1. The summed E-state index contributed by atoms with van der Waals surface area (Å²) in [5, 5.41) is 12.6.